The lowest BCUT2D eigenvalue weighted by atomic mass is 10.2. The summed E-state index contributed by atoms with van der Waals surface area (Å²) < 4.78 is 5.52. The standard InChI is InChI=1S/C16H25N5OS/c1-11-15(23-12(2)20-11)10-19-16(17-3)18-9-13(21(4)5)14-7-6-8-22-14/h6-8,13H,9-10H2,1-5H3,(H2,17,18,19). The molecule has 6 nitrogen and oxygen atoms in total. The van der Waals surface area contributed by atoms with E-state index >= 15 is 0 Å². The van der Waals surface area contributed by atoms with Crippen molar-refractivity contribution in [2.24, 2.45) is 4.99 Å². The lowest BCUT2D eigenvalue weighted by molar-refractivity contribution is 0.258. The highest BCUT2D eigenvalue weighted by atomic mass is 32.1. The average molecular weight is 335 g/mol. The minimum absolute atomic E-state index is 0.149. The summed E-state index contributed by atoms with van der Waals surface area (Å²) in [5.41, 5.74) is 1.08. The van der Waals surface area contributed by atoms with Gasteiger partial charge in [-0.05, 0) is 40.1 Å². The van der Waals surface area contributed by atoms with Crippen LogP contribution in [0.25, 0.3) is 0 Å². The Bertz CT molecular complexity index is 633. The summed E-state index contributed by atoms with van der Waals surface area (Å²) in [4.78, 5) is 12.1. The predicted octanol–water partition coefficient (Wildman–Crippen LogP) is 2.32. The summed E-state index contributed by atoms with van der Waals surface area (Å²) in [6.07, 6.45) is 1.70. The number of nitrogens with zero attached hydrogens (tertiary/aromatic N) is 3. The molecule has 0 spiro atoms. The van der Waals surface area contributed by atoms with E-state index in [1.54, 1.807) is 24.6 Å². The molecule has 0 saturated carbocycles. The lowest BCUT2D eigenvalue weighted by Crippen LogP contribution is -2.41. The second-order valence-corrected chi connectivity index (χ2v) is 6.83. The minimum atomic E-state index is 0.149. The Morgan fingerprint density at radius 2 is 2.17 bits per heavy atom. The number of nitrogens with one attached hydrogen (secondary N) is 2. The average Bonchev–Trinajstić information content (AvgIpc) is 3.12. The van der Waals surface area contributed by atoms with Crippen LogP contribution >= 0.6 is 11.3 Å². The maximum Gasteiger partial charge on any atom is 0.191 e. The largest absolute Gasteiger partial charge is 0.468 e. The van der Waals surface area contributed by atoms with Gasteiger partial charge in [-0.1, -0.05) is 0 Å². The molecular formula is C16H25N5OS. The first-order valence-corrected chi connectivity index (χ1v) is 8.40. The number of aliphatic imine (C=N–C) groups is 1. The summed E-state index contributed by atoms with van der Waals surface area (Å²) in [6, 6.07) is 4.05. The van der Waals surface area contributed by atoms with Crippen LogP contribution in [-0.4, -0.2) is 43.5 Å². The van der Waals surface area contributed by atoms with Gasteiger partial charge in [-0.2, -0.15) is 0 Å². The number of rotatable bonds is 6. The van der Waals surface area contributed by atoms with E-state index in [1.807, 2.05) is 40.1 Å². The molecule has 2 rings (SSSR count). The second kappa shape index (κ2) is 8.12. The molecule has 2 aromatic rings. The number of guanidine groups is 1. The molecule has 0 fully saturated rings. The Hall–Kier alpha value is -1.86. The molecule has 0 amide bonds. The van der Waals surface area contributed by atoms with Crippen molar-refractivity contribution in [3.05, 3.63) is 39.7 Å². The third-order valence-electron chi connectivity index (χ3n) is 3.60. The van der Waals surface area contributed by atoms with E-state index in [0.29, 0.717) is 6.54 Å². The van der Waals surface area contributed by atoms with Crippen LogP contribution in [0.5, 0.6) is 0 Å². The number of hydrogen-bond donors (Lipinski definition) is 2. The van der Waals surface area contributed by atoms with Gasteiger partial charge in [0.25, 0.3) is 0 Å². The number of aromatic nitrogens is 1. The fraction of sp³-hybridized carbons (Fsp3) is 0.500. The van der Waals surface area contributed by atoms with E-state index in [2.05, 4.69) is 25.5 Å². The van der Waals surface area contributed by atoms with Crippen LogP contribution in [0.15, 0.2) is 27.8 Å². The molecule has 0 aliphatic heterocycles. The van der Waals surface area contributed by atoms with Gasteiger partial charge in [-0.25, -0.2) is 4.98 Å². The smallest absolute Gasteiger partial charge is 0.191 e. The highest BCUT2D eigenvalue weighted by molar-refractivity contribution is 7.11. The number of hydrogen-bond acceptors (Lipinski definition) is 5. The van der Waals surface area contributed by atoms with Gasteiger partial charge in [-0.15, -0.1) is 11.3 Å². The molecule has 23 heavy (non-hydrogen) atoms. The van der Waals surface area contributed by atoms with Crippen molar-refractivity contribution >= 4 is 17.3 Å². The van der Waals surface area contributed by atoms with Gasteiger partial charge in [0.05, 0.1) is 29.6 Å². The number of likely N-dealkylation sites (N-methyl/N-ethyl adjacent to an activating group) is 1. The highest BCUT2D eigenvalue weighted by Crippen LogP contribution is 2.18. The van der Waals surface area contributed by atoms with Crippen molar-refractivity contribution in [1.82, 2.24) is 20.5 Å². The molecule has 126 valence electrons. The van der Waals surface area contributed by atoms with E-state index in [-0.39, 0.29) is 6.04 Å². The molecule has 1 atom stereocenters. The van der Waals surface area contributed by atoms with Gasteiger partial charge in [0.1, 0.15) is 5.76 Å². The highest BCUT2D eigenvalue weighted by Gasteiger charge is 2.17. The molecule has 7 heteroatoms. The quantitative estimate of drug-likeness (QED) is 0.626. The van der Waals surface area contributed by atoms with E-state index < -0.39 is 0 Å². The molecule has 0 saturated heterocycles. The van der Waals surface area contributed by atoms with Gasteiger partial charge in [0, 0.05) is 18.5 Å². The van der Waals surface area contributed by atoms with E-state index in [1.165, 1.54) is 4.88 Å². The Balaban J connectivity index is 1.90. The van der Waals surface area contributed by atoms with E-state index in [4.69, 9.17) is 4.42 Å². The third kappa shape index (κ3) is 4.80. The van der Waals surface area contributed by atoms with Crippen molar-refractivity contribution in [2.45, 2.75) is 26.4 Å². The second-order valence-electron chi connectivity index (χ2n) is 5.54. The van der Waals surface area contributed by atoms with Crippen molar-refractivity contribution < 1.29 is 4.42 Å². The van der Waals surface area contributed by atoms with Crippen molar-refractivity contribution in [1.29, 1.82) is 0 Å². The Kier molecular flexibility index (Phi) is 6.18. The van der Waals surface area contributed by atoms with Crippen molar-refractivity contribution in [3.63, 3.8) is 0 Å². The van der Waals surface area contributed by atoms with Gasteiger partial charge in [0.2, 0.25) is 0 Å². The minimum Gasteiger partial charge on any atom is -0.468 e. The summed E-state index contributed by atoms with van der Waals surface area (Å²) in [6.45, 7) is 5.50. The zero-order chi connectivity index (χ0) is 16.8. The zero-order valence-electron chi connectivity index (χ0n) is 14.4. The fourth-order valence-electron chi connectivity index (χ4n) is 2.33. The molecule has 2 aromatic heterocycles. The van der Waals surface area contributed by atoms with Crippen LogP contribution in [0.4, 0.5) is 0 Å². The first-order chi connectivity index (χ1) is 11.0. The molecule has 0 aromatic carbocycles. The fourth-order valence-corrected chi connectivity index (χ4v) is 3.21. The van der Waals surface area contributed by atoms with Crippen LogP contribution in [0, 0.1) is 13.8 Å². The molecule has 0 aliphatic rings. The van der Waals surface area contributed by atoms with Crippen LogP contribution in [0.3, 0.4) is 0 Å². The van der Waals surface area contributed by atoms with Gasteiger partial charge in [-0.3, -0.25) is 9.89 Å². The summed E-state index contributed by atoms with van der Waals surface area (Å²) in [7, 11) is 5.85. The molecule has 2 N–H and O–H groups in total. The van der Waals surface area contributed by atoms with Gasteiger partial charge < -0.3 is 15.1 Å². The topological polar surface area (TPSA) is 65.7 Å². The monoisotopic (exact) mass is 335 g/mol. The normalized spacial score (nSPS) is 13.4. The molecular weight excluding hydrogens is 310 g/mol. The maximum absolute atomic E-state index is 5.52. The molecule has 0 aliphatic carbocycles. The van der Waals surface area contributed by atoms with Crippen LogP contribution < -0.4 is 10.6 Å². The summed E-state index contributed by atoms with van der Waals surface area (Å²) in [5, 5.41) is 7.79. The lowest BCUT2D eigenvalue weighted by Gasteiger charge is -2.23. The first-order valence-electron chi connectivity index (χ1n) is 7.58. The van der Waals surface area contributed by atoms with Gasteiger partial charge >= 0.3 is 0 Å². The molecule has 1 unspecified atom stereocenters. The van der Waals surface area contributed by atoms with Gasteiger partial charge in [0.15, 0.2) is 5.96 Å². The Morgan fingerprint density at radius 1 is 1.39 bits per heavy atom. The van der Waals surface area contributed by atoms with Crippen molar-refractivity contribution in [3.8, 4) is 0 Å². The van der Waals surface area contributed by atoms with Crippen LogP contribution in [-0.2, 0) is 6.54 Å². The van der Waals surface area contributed by atoms with Crippen LogP contribution in [0.2, 0.25) is 0 Å². The molecule has 0 radical (unpaired) electrons. The maximum atomic E-state index is 5.52. The zero-order valence-corrected chi connectivity index (χ0v) is 15.2. The number of aryl methyl sites for hydroxylation is 2. The predicted molar refractivity (Wildman–Crippen MR) is 94.9 cm³/mol. The third-order valence-corrected chi connectivity index (χ3v) is 4.67. The Labute approximate surface area is 141 Å². The van der Waals surface area contributed by atoms with E-state index in [0.717, 1.165) is 29.0 Å². The molecule has 2 heterocycles. The molecule has 0 bridgehead atoms. The number of thiazole rings is 1. The van der Waals surface area contributed by atoms with Crippen LogP contribution in [0.1, 0.15) is 27.4 Å². The summed E-state index contributed by atoms with van der Waals surface area (Å²) >= 11 is 1.71. The Morgan fingerprint density at radius 3 is 2.70 bits per heavy atom. The SMILES string of the molecule is CN=C(NCc1sc(C)nc1C)NCC(c1ccco1)N(C)C. The first kappa shape index (κ1) is 17.5. The van der Waals surface area contributed by atoms with E-state index in [9.17, 15) is 0 Å². The summed E-state index contributed by atoms with van der Waals surface area (Å²) in [5.74, 6) is 1.71. The number of furan rings is 1. The van der Waals surface area contributed by atoms with Crippen molar-refractivity contribution in [2.75, 3.05) is 27.7 Å².